The number of carboxylic acid groups (broad SMARTS) is 1. The first-order chi connectivity index (χ1) is 9.48. The fourth-order valence-corrected chi connectivity index (χ4v) is 3.58. The second-order valence-corrected chi connectivity index (χ2v) is 6.93. The van der Waals surface area contributed by atoms with Crippen molar-refractivity contribution in [2.75, 3.05) is 6.54 Å². The van der Waals surface area contributed by atoms with Gasteiger partial charge in [-0.3, -0.25) is 4.79 Å². The zero-order valence-corrected chi connectivity index (χ0v) is 12.7. The fraction of sp³-hybridized carbons (Fsp3) is 0.667. The van der Waals surface area contributed by atoms with Gasteiger partial charge in [0.2, 0.25) is 0 Å². The lowest BCUT2D eigenvalue weighted by Crippen LogP contribution is -2.47. The molecule has 0 radical (unpaired) electrons. The Morgan fingerprint density at radius 1 is 1.55 bits per heavy atom. The van der Waals surface area contributed by atoms with Crippen LogP contribution in [0.25, 0.3) is 0 Å². The van der Waals surface area contributed by atoms with E-state index in [2.05, 4.69) is 23.7 Å². The summed E-state index contributed by atoms with van der Waals surface area (Å²) in [5.74, 6) is -1.01. The fourth-order valence-electron chi connectivity index (χ4n) is 2.75. The predicted octanol–water partition coefficient (Wildman–Crippen LogP) is 2.27. The molecule has 2 rings (SSSR count). The molecule has 1 fully saturated rings. The number of carbonyl (C=O) groups is 1. The standard InChI is InChI=1S/C15H23NO3S/c1-11(9-13-3-2-8-20-13)16-10-15(19)6-4-12(5-7-15)14(17)18/h2-3,8,11-12,16,19H,4-7,9-10H2,1H3,(H,17,18). The molecule has 1 saturated carbocycles. The Morgan fingerprint density at radius 2 is 2.25 bits per heavy atom. The molecule has 0 saturated heterocycles. The molecule has 0 aromatic carbocycles. The lowest BCUT2D eigenvalue weighted by Gasteiger charge is -2.35. The average Bonchev–Trinajstić information content (AvgIpc) is 2.90. The third-order valence-electron chi connectivity index (χ3n) is 4.13. The Bertz CT molecular complexity index is 424. The first-order valence-electron chi connectivity index (χ1n) is 7.19. The van der Waals surface area contributed by atoms with E-state index in [1.807, 2.05) is 6.07 Å². The molecule has 1 heterocycles. The van der Waals surface area contributed by atoms with Crippen molar-refractivity contribution in [2.24, 2.45) is 5.92 Å². The van der Waals surface area contributed by atoms with Crippen molar-refractivity contribution < 1.29 is 15.0 Å². The first kappa shape index (κ1) is 15.5. The smallest absolute Gasteiger partial charge is 0.306 e. The number of thiophene rings is 1. The second kappa shape index (κ2) is 6.70. The molecule has 1 aliphatic rings. The largest absolute Gasteiger partial charge is 0.481 e. The van der Waals surface area contributed by atoms with Crippen LogP contribution in [0.3, 0.4) is 0 Å². The molecule has 5 heteroatoms. The number of nitrogens with one attached hydrogen (secondary N) is 1. The van der Waals surface area contributed by atoms with Crippen LogP contribution in [0.5, 0.6) is 0 Å². The minimum Gasteiger partial charge on any atom is -0.481 e. The summed E-state index contributed by atoms with van der Waals surface area (Å²) in [6, 6.07) is 4.48. The Hall–Kier alpha value is -0.910. The zero-order chi connectivity index (χ0) is 14.6. The SMILES string of the molecule is CC(Cc1cccs1)NCC1(O)CCC(C(=O)O)CC1. The summed E-state index contributed by atoms with van der Waals surface area (Å²) >= 11 is 1.75. The molecule has 1 aromatic rings. The Kier molecular flexibility index (Phi) is 5.18. The molecule has 20 heavy (non-hydrogen) atoms. The van der Waals surface area contributed by atoms with Crippen molar-refractivity contribution in [1.82, 2.24) is 5.32 Å². The van der Waals surface area contributed by atoms with Gasteiger partial charge in [-0.05, 0) is 50.5 Å². The Balaban J connectivity index is 1.74. The van der Waals surface area contributed by atoms with Crippen LogP contribution in [0.2, 0.25) is 0 Å². The topological polar surface area (TPSA) is 69.6 Å². The lowest BCUT2D eigenvalue weighted by molar-refractivity contribution is -0.144. The van der Waals surface area contributed by atoms with E-state index in [0.29, 0.717) is 38.3 Å². The molecule has 1 unspecified atom stereocenters. The van der Waals surface area contributed by atoms with E-state index in [1.54, 1.807) is 11.3 Å². The molecule has 0 amide bonds. The summed E-state index contributed by atoms with van der Waals surface area (Å²) in [7, 11) is 0. The molecular formula is C15H23NO3S. The van der Waals surface area contributed by atoms with Crippen molar-refractivity contribution in [1.29, 1.82) is 0 Å². The molecule has 0 bridgehead atoms. The normalized spacial score (nSPS) is 28.2. The minimum atomic E-state index is -0.740. The van der Waals surface area contributed by atoms with Crippen molar-refractivity contribution in [3.05, 3.63) is 22.4 Å². The van der Waals surface area contributed by atoms with Crippen LogP contribution >= 0.6 is 11.3 Å². The van der Waals surface area contributed by atoms with Gasteiger partial charge in [-0.25, -0.2) is 0 Å². The van der Waals surface area contributed by atoms with Crippen molar-refractivity contribution in [2.45, 2.75) is 50.7 Å². The number of hydrogen-bond donors (Lipinski definition) is 3. The van der Waals surface area contributed by atoms with E-state index in [1.165, 1.54) is 4.88 Å². The van der Waals surface area contributed by atoms with Crippen molar-refractivity contribution in [3.63, 3.8) is 0 Å². The van der Waals surface area contributed by atoms with Crippen LogP contribution in [0.15, 0.2) is 17.5 Å². The second-order valence-electron chi connectivity index (χ2n) is 5.90. The third-order valence-corrected chi connectivity index (χ3v) is 5.03. The van der Waals surface area contributed by atoms with Crippen LogP contribution in [0, 0.1) is 5.92 Å². The van der Waals surface area contributed by atoms with E-state index < -0.39 is 11.6 Å². The van der Waals surface area contributed by atoms with Gasteiger partial charge in [0.15, 0.2) is 0 Å². The average molecular weight is 297 g/mol. The summed E-state index contributed by atoms with van der Waals surface area (Å²) in [5.41, 5.74) is -0.740. The number of hydrogen-bond acceptors (Lipinski definition) is 4. The number of carboxylic acids is 1. The highest BCUT2D eigenvalue weighted by Crippen LogP contribution is 2.32. The van der Waals surface area contributed by atoms with Crippen molar-refractivity contribution in [3.8, 4) is 0 Å². The number of aliphatic hydroxyl groups is 1. The number of aliphatic carboxylic acids is 1. The Morgan fingerprint density at radius 3 is 2.80 bits per heavy atom. The van der Waals surface area contributed by atoms with Crippen LogP contribution < -0.4 is 5.32 Å². The molecule has 0 spiro atoms. The van der Waals surface area contributed by atoms with Gasteiger partial charge in [-0.2, -0.15) is 0 Å². The summed E-state index contributed by atoms with van der Waals surface area (Å²) in [5, 5.41) is 24.9. The maximum absolute atomic E-state index is 10.9. The summed E-state index contributed by atoms with van der Waals surface area (Å²) in [6.07, 6.45) is 3.26. The molecular weight excluding hydrogens is 274 g/mol. The summed E-state index contributed by atoms with van der Waals surface area (Å²) < 4.78 is 0. The molecule has 3 N–H and O–H groups in total. The highest BCUT2D eigenvalue weighted by molar-refractivity contribution is 7.09. The van der Waals surface area contributed by atoms with Crippen LogP contribution in [-0.4, -0.2) is 34.4 Å². The maximum atomic E-state index is 10.9. The van der Waals surface area contributed by atoms with Gasteiger partial charge in [-0.15, -0.1) is 11.3 Å². The molecule has 1 aliphatic carbocycles. The summed E-state index contributed by atoms with van der Waals surface area (Å²) in [6.45, 7) is 2.66. The molecule has 4 nitrogen and oxygen atoms in total. The highest BCUT2D eigenvalue weighted by atomic mass is 32.1. The number of rotatable bonds is 6. The quantitative estimate of drug-likeness (QED) is 0.753. The van der Waals surface area contributed by atoms with Gasteiger partial charge in [0.25, 0.3) is 0 Å². The van der Waals surface area contributed by atoms with Gasteiger partial charge in [0.05, 0.1) is 11.5 Å². The van der Waals surface area contributed by atoms with Crippen LogP contribution in [-0.2, 0) is 11.2 Å². The highest BCUT2D eigenvalue weighted by Gasteiger charge is 2.35. The van der Waals surface area contributed by atoms with E-state index in [0.717, 1.165) is 6.42 Å². The lowest BCUT2D eigenvalue weighted by atomic mass is 9.78. The minimum absolute atomic E-state index is 0.279. The molecule has 1 atom stereocenters. The van der Waals surface area contributed by atoms with Gasteiger partial charge in [0, 0.05) is 17.5 Å². The van der Waals surface area contributed by atoms with Gasteiger partial charge >= 0.3 is 5.97 Å². The van der Waals surface area contributed by atoms with Crippen LogP contribution in [0.1, 0.15) is 37.5 Å². The van der Waals surface area contributed by atoms with Crippen LogP contribution in [0.4, 0.5) is 0 Å². The molecule has 112 valence electrons. The van der Waals surface area contributed by atoms with E-state index in [9.17, 15) is 9.90 Å². The molecule has 0 aliphatic heterocycles. The van der Waals surface area contributed by atoms with Gasteiger partial charge in [-0.1, -0.05) is 6.07 Å². The maximum Gasteiger partial charge on any atom is 0.306 e. The van der Waals surface area contributed by atoms with E-state index >= 15 is 0 Å². The molecule has 1 aromatic heterocycles. The third kappa shape index (κ3) is 4.30. The first-order valence-corrected chi connectivity index (χ1v) is 8.07. The van der Waals surface area contributed by atoms with E-state index in [4.69, 9.17) is 5.11 Å². The van der Waals surface area contributed by atoms with Crippen molar-refractivity contribution >= 4 is 17.3 Å². The monoisotopic (exact) mass is 297 g/mol. The zero-order valence-electron chi connectivity index (χ0n) is 11.8. The van der Waals surface area contributed by atoms with Gasteiger partial charge < -0.3 is 15.5 Å². The summed E-state index contributed by atoms with van der Waals surface area (Å²) in [4.78, 5) is 12.3. The Labute approximate surface area is 123 Å². The van der Waals surface area contributed by atoms with E-state index in [-0.39, 0.29) is 5.92 Å². The van der Waals surface area contributed by atoms with Gasteiger partial charge in [0.1, 0.15) is 0 Å². The predicted molar refractivity (Wildman–Crippen MR) is 80.0 cm³/mol.